The Hall–Kier alpha value is -1.92. The van der Waals surface area contributed by atoms with E-state index in [2.05, 4.69) is 24.1 Å². The minimum atomic E-state index is 0.0648. The molecule has 1 saturated heterocycles. The third kappa shape index (κ3) is 3.44. The summed E-state index contributed by atoms with van der Waals surface area (Å²) in [5.74, 6) is 1.96. The number of likely N-dealkylation sites (tertiary alicyclic amines) is 1. The largest absolute Gasteiger partial charge is 0.376 e. The number of carbonyl (C=O) groups is 1. The number of fused-ring (bicyclic) bond motifs is 2. The van der Waals surface area contributed by atoms with E-state index in [1.54, 1.807) is 4.52 Å². The van der Waals surface area contributed by atoms with E-state index in [1.165, 1.54) is 12.8 Å². The number of pyridine rings is 1. The first-order valence-electron chi connectivity index (χ1n) is 10.6. The Morgan fingerprint density at radius 3 is 2.71 bits per heavy atom. The van der Waals surface area contributed by atoms with Crippen LogP contribution in [0.15, 0.2) is 30.5 Å². The number of hydrogen-bond acceptors (Lipinski definition) is 4. The Labute approximate surface area is 166 Å². The zero-order chi connectivity index (χ0) is 19.3. The maximum Gasteiger partial charge on any atom is 0.274 e. The van der Waals surface area contributed by atoms with Crippen LogP contribution >= 0.6 is 0 Å². The van der Waals surface area contributed by atoms with Gasteiger partial charge in [0.1, 0.15) is 0 Å². The maximum absolute atomic E-state index is 13.1. The lowest BCUT2D eigenvalue weighted by molar-refractivity contribution is -0.0493. The van der Waals surface area contributed by atoms with Crippen molar-refractivity contribution in [3.05, 3.63) is 36.2 Å². The Kier molecular flexibility index (Phi) is 4.63. The standard InChI is InChI=1S/C22H30N4O2/c1-24(2)20-9-16-12-25(13-17(16)10-21(20)28-14-15-6-7-15)22(27)19-11-18-5-3-4-8-26(18)23-19/h3-5,8,11,15-17,20-21H,6-7,9-10,12-14H2,1-2H3/t16-,17+,20-,21-/m1/s1. The molecule has 2 saturated carbocycles. The van der Waals surface area contributed by atoms with Crippen molar-refractivity contribution in [3.63, 3.8) is 0 Å². The average molecular weight is 383 g/mol. The molecule has 0 unspecified atom stereocenters. The average Bonchev–Trinajstić information content (AvgIpc) is 3.26. The van der Waals surface area contributed by atoms with Crippen LogP contribution in [0.5, 0.6) is 0 Å². The predicted molar refractivity (Wildman–Crippen MR) is 107 cm³/mol. The third-order valence-corrected chi connectivity index (χ3v) is 6.87. The van der Waals surface area contributed by atoms with Gasteiger partial charge in [-0.05, 0) is 75.7 Å². The summed E-state index contributed by atoms with van der Waals surface area (Å²) in [7, 11) is 4.32. The summed E-state index contributed by atoms with van der Waals surface area (Å²) in [4.78, 5) is 17.4. The number of aromatic nitrogens is 2. The van der Waals surface area contributed by atoms with Gasteiger partial charge in [-0.15, -0.1) is 0 Å². The van der Waals surface area contributed by atoms with E-state index in [9.17, 15) is 4.79 Å². The molecular weight excluding hydrogens is 352 g/mol. The topological polar surface area (TPSA) is 50.1 Å². The second-order valence-electron chi connectivity index (χ2n) is 9.15. The zero-order valence-corrected chi connectivity index (χ0v) is 16.8. The van der Waals surface area contributed by atoms with Gasteiger partial charge in [0.15, 0.2) is 5.69 Å². The van der Waals surface area contributed by atoms with Crippen LogP contribution in [0.4, 0.5) is 0 Å². The van der Waals surface area contributed by atoms with Crippen molar-refractivity contribution in [2.24, 2.45) is 17.8 Å². The molecule has 0 spiro atoms. The van der Waals surface area contributed by atoms with Gasteiger partial charge in [-0.3, -0.25) is 4.79 Å². The fraction of sp³-hybridized carbons (Fsp3) is 0.636. The molecule has 6 heteroatoms. The number of amides is 1. The summed E-state index contributed by atoms with van der Waals surface area (Å²) in [6.07, 6.45) is 7.01. The highest BCUT2D eigenvalue weighted by molar-refractivity contribution is 5.93. The SMILES string of the molecule is CN(C)[C@@H]1C[C@@H]2CN(C(=O)c3cc4ccccn4n3)C[C@@H]2C[C@H]1OCC1CC1. The van der Waals surface area contributed by atoms with E-state index in [-0.39, 0.29) is 5.91 Å². The summed E-state index contributed by atoms with van der Waals surface area (Å²) in [5.41, 5.74) is 1.51. The van der Waals surface area contributed by atoms with Crippen LogP contribution in [0.25, 0.3) is 5.52 Å². The molecule has 2 aromatic rings. The van der Waals surface area contributed by atoms with E-state index in [0.717, 1.165) is 44.0 Å². The number of hydrogen-bond donors (Lipinski definition) is 0. The van der Waals surface area contributed by atoms with Crippen molar-refractivity contribution >= 4 is 11.4 Å². The van der Waals surface area contributed by atoms with Crippen LogP contribution in [0.1, 0.15) is 36.2 Å². The lowest BCUT2D eigenvalue weighted by atomic mass is 9.77. The van der Waals surface area contributed by atoms with Crippen molar-refractivity contribution in [1.82, 2.24) is 19.4 Å². The van der Waals surface area contributed by atoms with Crippen molar-refractivity contribution in [3.8, 4) is 0 Å². The lowest BCUT2D eigenvalue weighted by Gasteiger charge is -2.41. The molecule has 0 radical (unpaired) electrons. The molecule has 6 nitrogen and oxygen atoms in total. The fourth-order valence-corrected chi connectivity index (χ4v) is 5.03. The lowest BCUT2D eigenvalue weighted by Crippen LogP contribution is -2.48. The first-order chi connectivity index (χ1) is 13.6. The van der Waals surface area contributed by atoms with Gasteiger partial charge in [-0.25, -0.2) is 4.52 Å². The smallest absolute Gasteiger partial charge is 0.274 e. The minimum absolute atomic E-state index is 0.0648. The van der Waals surface area contributed by atoms with Crippen molar-refractivity contribution in [2.75, 3.05) is 33.8 Å². The highest BCUT2D eigenvalue weighted by Gasteiger charge is 2.45. The van der Waals surface area contributed by atoms with Gasteiger partial charge >= 0.3 is 0 Å². The molecule has 28 heavy (non-hydrogen) atoms. The summed E-state index contributed by atoms with van der Waals surface area (Å²) in [6.45, 7) is 2.59. The number of rotatable bonds is 5. The molecule has 2 aliphatic carbocycles. The van der Waals surface area contributed by atoms with E-state index in [0.29, 0.717) is 29.7 Å². The maximum atomic E-state index is 13.1. The summed E-state index contributed by atoms with van der Waals surface area (Å²) in [5, 5.41) is 4.48. The van der Waals surface area contributed by atoms with Crippen molar-refractivity contribution in [1.29, 1.82) is 0 Å². The van der Waals surface area contributed by atoms with E-state index in [4.69, 9.17) is 4.74 Å². The van der Waals surface area contributed by atoms with Gasteiger partial charge in [0.05, 0.1) is 11.6 Å². The Morgan fingerprint density at radius 1 is 1.21 bits per heavy atom. The highest BCUT2D eigenvalue weighted by Crippen LogP contribution is 2.40. The molecule has 5 rings (SSSR count). The Bertz CT molecular complexity index is 826. The number of likely N-dealkylation sites (N-methyl/N-ethyl adjacent to an activating group) is 1. The number of carbonyl (C=O) groups excluding carboxylic acids is 1. The van der Waals surface area contributed by atoms with Crippen LogP contribution in [0, 0.1) is 17.8 Å². The van der Waals surface area contributed by atoms with Crippen LogP contribution in [-0.2, 0) is 4.74 Å². The van der Waals surface area contributed by atoms with E-state index < -0.39 is 0 Å². The second-order valence-corrected chi connectivity index (χ2v) is 9.15. The molecular formula is C22H30N4O2. The van der Waals surface area contributed by atoms with Crippen molar-refractivity contribution in [2.45, 2.75) is 37.8 Å². The molecule has 150 valence electrons. The summed E-state index contributed by atoms with van der Waals surface area (Å²) in [6, 6.07) is 8.23. The zero-order valence-electron chi connectivity index (χ0n) is 16.8. The van der Waals surface area contributed by atoms with Crippen LogP contribution in [0.2, 0.25) is 0 Å². The van der Waals surface area contributed by atoms with Crippen molar-refractivity contribution < 1.29 is 9.53 Å². The van der Waals surface area contributed by atoms with Gasteiger partial charge in [0.2, 0.25) is 0 Å². The van der Waals surface area contributed by atoms with Crippen LogP contribution in [0.3, 0.4) is 0 Å². The number of nitrogens with zero attached hydrogens (tertiary/aromatic N) is 4. The Morgan fingerprint density at radius 2 is 2.00 bits per heavy atom. The second kappa shape index (κ2) is 7.16. The molecule has 0 N–H and O–H groups in total. The first kappa shape index (κ1) is 18.1. The van der Waals surface area contributed by atoms with Gasteiger partial charge in [0.25, 0.3) is 5.91 Å². The predicted octanol–water partition coefficient (Wildman–Crippen LogP) is 2.54. The molecule has 3 heterocycles. The normalized spacial score (nSPS) is 30.2. The van der Waals surface area contributed by atoms with E-state index >= 15 is 0 Å². The summed E-state index contributed by atoms with van der Waals surface area (Å²) < 4.78 is 8.13. The van der Waals surface area contributed by atoms with E-state index in [1.807, 2.05) is 35.4 Å². The van der Waals surface area contributed by atoms with Crippen LogP contribution < -0.4 is 0 Å². The fourth-order valence-electron chi connectivity index (χ4n) is 5.03. The molecule has 4 atom stereocenters. The quantitative estimate of drug-likeness (QED) is 0.797. The molecule has 3 aliphatic rings. The van der Waals surface area contributed by atoms with Gasteiger partial charge in [-0.2, -0.15) is 5.10 Å². The molecule has 0 bridgehead atoms. The van der Waals surface area contributed by atoms with Gasteiger partial charge in [-0.1, -0.05) is 6.07 Å². The summed E-state index contributed by atoms with van der Waals surface area (Å²) >= 11 is 0. The molecule has 1 aliphatic heterocycles. The molecule has 3 fully saturated rings. The van der Waals surface area contributed by atoms with Gasteiger partial charge < -0.3 is 14.5 Å². The molecule has 2 aromatic heterocycles. The third-order valence-electron chi connectivity index (χ3n) is 6.87. The Balaban J connectivity index is 1.28. The first-order valence-corrected chi connectivity index (χ1v) is 10.6. The monoisotopic (exact) mass is 382 g/mol. The molecule has 1 amide bonds. The minimum Gasteiger partial charge on any atom is -0.376 e. The molecule has 0 aromatic carbocycles. The van der Waals surface area contributed by atoms with Gasteiger partial charge in [0, 0.05) is 31.9 Å². The highest BCUT2D eigenvalue weighted by atomic mass is 16.5. The number of ether oxygens (including phenoxy) is 1. The van der Waals surface area contributed by atoms with Crippen LogP contribution in [-0.4, -0.2) is 71.3 Å².